The van der Waals surface area contributed by atoms with E-state index in [4.69, 9.17) is 0 Å². The molecule has 2 aromatic carbocycles. The van der Waals surface area contributed by atoms with Gasteiger partial charge in [0.05, 0.1) is 23.4 Å². The average molecular weight is 691 g/mol. The summed E-state index contributed by atoms with van der Waals surface area (Å²) >= 11 is 0. The van der Waals surface area contributed by atoms with Crippen LogP contribution in [-0.2, 0) is 24.4 Å². The first-order valence-electron chi connectivity index (χ1n) is 17.0. The molecule has 260 valence electrons. The Kier molecular flexibility index (Phi) is 10.5. The molecule has 0 radical (unpaired) electrons. The number of aliphatic carboxylic acids is 1. The second-order valence-electron chi connectivity index (χ2n) is 13.1. The number of carboxylic acid groups (broad SMARTS) is 1. The minimum absolute atomic E-state index is 0.0900. The van der Waals surface area contributed by atoms with Crippen LogP contribution < -0.4 is 10.6 Å². The van der Waals surface area contributed by atoms with Gasteiger partial charge in [0.2, 0.25) is 21.9 Å². The minimum atomic E-state index is -3.98. The summed E-state index contributed by atoms with van der Waals surface area (Å²) in [6.07, 6.45) is 3.97. The number of nitrogens with one attached hydrogen (secondary N) is 2. The van der Waals surface area contributed by atoms with Gasteiger partial charge in [-0.25, -0.2) is 8.42 Å². The fraction of sp³-hybridized carbons (Fsp3) is 0.486. The van der Waals surface area contributed by atoms with E-state index in [-0.39, 0.29) is 42.0 Å². The number of fused-ring (bicyclic) bond motifs is 3. The number of hydrogen-bond acceptors (Lipinski definition) is 10. The van der Waals surface area contributed by atoms with Crippen molar-refractivity contribution in [1.82, 2.24) is 14.5 Å². The quantitative estimate of drug-likeness (QED) is 0.266. The molecule has 2 atom stereocenters. The van der Waals surface area contributed by atoms with Crippen LogP contribution in [0, 0.1) is 11.8 Å². The molecule has 2 saturated heterocycles. The van der Waals surface area contributed by atoms with E-state index < -0.39 is 46.1 Å². The maximum Gasteiger partial charge on any atom is 0.308 e. The normalized spacial score (nSPS) is 22.7. The third-order valence-electron chi connectivity index (χ3n) is 9.84. The van der Waals surface area contributed by atoms with E-state index >= 15 is 0 Å². The molecule has 1 saturated carbocycles. The second kappa shape index (κ2) is 15.0. The SMILES string of the molecule is O=C(CCC(=O)c1cccc(NC2=NCCN2C2=NCCC2)c1)NC[C@H](CC(=O)C1C2CCC(CC2)N1S(=O)(=O)c1ccccc1)C(=O)O. The van der Waals surface area contributed by atoms with E-state index in [1.54, 1.807) is 36.4 Å². The zero-order valence-electron chi connectivity index (χ0n) is 27.3. The van der Waals surface area contributed by atoms with E-state index in [1.165, 1.54) is 16.4 Å². The smallest absolute Gasteiger partial charge is 0.308 e. The second-order valence-corrected chi connectivity index (χ2v) is 14.9. The number of amides is 1. The lowest BCUT2D eigenvalue weighted by Crippen LogP contribution is -2.60. The molecular formula is C35H42N6O7S. The molecule has 0 aromatic heterocycles. The van der Waals surface area contributed by atoms with Gasteiger partial charge >= 0.3 is 5.97 Å². The highest BCUT2D eigenvalue weighted by molar-refractivity contribution is 7.89. The molecule has 4 aliphatic heterocycles. The van der Waals surface area contributed by atoms with Crippen molar-refractivity contribution in [2.45, 2.75) is 74.8 Å². The first-order valence-corrected chi connectivity index (χ1v) is 18.4. The Morgan fingerprint density at radius 1 is 0.939 bits per heavy atom. The third kappa shape index (κ3) is 7.75. The Bertz CT molecular complexity index is 1750. The van der Waals surface area contributed by atoms with Gasteiger partial charge < -0.3 is 15.7 Å². The topological polar surface area (TPSA) is 178 Å². The largest absolute Gasteiger partial charge is 0.481 e. The van der Waals surface area contributed by atoms with E-state index in [1.807, 2.05) is 6.07 Å². The Morgan fingerprint density at radius 3 is 2.43 bits per heavy atom. The Labute approximate surface area is 285 Å². The highest BCUT2D eigenvalue weighted by Gasteiger charge is 2.51. The van der Waals surface area contributed by atoms with Crippen molar-refractivity contribution in [1.29, 1.82) is 0 Å². The number of piperidine rings is 2. The van der Waals surface area contributed by atoms with Crippen LogP contribution in [0.15, 0.2) is 69.5 Å². The molecule has 7 rings (SSSR count). The highest BCUT2D eigenvalue weighted by Crippen LogP contribution is 2.43. The first kappa shape index (κ1) is 34.4. The number of aliphatic imine (C=N–C) groups is 2. The zero-order chi connectivity index (χ0) is 34.5. The third-order valence-corrected chi connectivity index (χ3v) is 11.8. The summed E-state index contributed by atoms with van der Waals surface area (Å²) in [5, 5.41) is 15.8. The van der Waals surface area contributed by atoms with E-state index in [0.29, 0.717) is 49.4 Å². The van der Waals surface area contributed by atoms with Crippen LogP contribution in [0.4, 0.5) is 5.69 Å². The van der Waals surface area contributed by atoms with E-state index in [9.17, 15) is 32.7 Å². The van der Waals surface area contributed by atoms with Gasteiger partial charge in [0.15, 0.2) is 11.6 Å². The summed E-state index contributed by atoms with van der Waals surface area (Å²) < 4.78 is 28.7. The molecule has 3 N–H and O–H groups in total. The van der Waals surface area contributed by atoms with Crippen LogP contribution in [0.25, 0.3) is 0 Å². The molecule has 0 spiro atoms. The van der Waals surface area contributed by atoms with Gasteiger partial charge in [-0.2, -0.15) is 4.31 Å². The van der Waals surface area contributed by atoms with Gasteiger partial charge in [0.25, 0.3) is 0 Å². The van der Waals surface area contributed by atoms with Crippen molar-refractivity contribution >= 4 is 50.9 Å². The molecule has 4 heterocycles. The van der Waals surface area contributed by atoms with Crippen LogP contribution in [0.3, 0.4) is 0 Å². The van der Waals surface area contributed by atoms with Gasteiger partial charge in [-0.15, -0.1) is 0 Å². The molecule has 1 aliphatic carbocycles. The number of amidine groups is 1. The molecule has 3 fully saturated rings. The van der Waals surface area contributed by atoms with Gasteiger partial charge in [-0.05, 0) is 62.3 Å². The van der Waals surface area contributed by atoms with Crippen molar-refractivity contribution < 1.29 is 32.7 Å². The number of nitrogens with zero attached hydrogens (tertiary/aromatic N) is 4. The fourth-order valence-electron chi connectivity index (χ4n) is 7.33. The molecular weight excluding hydrogens is 648 g/mol. The summed E-state index contributed by atoms with van der Waals surface area (Å²) in [5.41, 5.74) is 1.11. The Balaban J connectivity index is 1.02. The van der Waals surface area contributed by atoms with Gasteiger partial charge in [-0.1, -0.05) is 30.3 Å². The number of carbonyl (C=O) groups excluding carboxylic acids is 3. The molecule has 14 heteroatoms. The highest BCUT2D eigenvalue weighted by atomic mass is 32.2. The zero-order valence-corrected chi connectivity index (χ0v) is 28.1. The van der Waals surface area contributed by atoms with Crippen molar-refractivity contribution in [3.8, 4) is 0 Å². The Morgan fingerprint density at radius 2 is 1.71 bits per heavy atom. The molecule has 1 unspecified atom stereocenters. The maximum atomic E-state index is 13.7. The monoisotopic (exact) mass is 690 g/mol. The fourth-order valence-corrected chi connectivity index (χ4v) is 9.26. The van der Waals surface area contributed by atoms with Crippen LogP contribution in [0.1, 0.15) is 68.1 Å². The summed E-state index contributed by atoms with van der Waals surface area (Å²) in [4.78, 5) is 62.8. The summed E-state index contributed by atoms with van der Waals surface area (Å²) in [6, 6.07) is 13.7. The minimum Gasteiger partial charge on any atom is -0.481 e. The summed E-state index contributed by atoms with van der Waals surface area (Å²) in [5.74, 6) is -2.22. The van der Waals surface area contributed by atoms with Gasteiger partial charge in [-0.3, -0.25) is 34.1 Å². The predicted octanol–water partition coefficient (Wildman–Crippen LogP) is 3.33. The molecule has 13 nitrogen and oxygen atoms in total. The molecule has 5 aliphatic rings. The van der Waals surface area contributed by atoms with Crippen molar-refractivity contribution in [3.05, 3.63) is 60.2 Å². The number of rotatable bonds is 13. The summed E-state index contributed by atoms with van der Waals surface area (Å²) in [7, 11) is -3.98. The summed E-state index contributed by atoms with van der Waals surface area (Å²) in [6.45, 7) is 1.90. The molecule has 2 bridgehead atoms. The van der Waals surface area contributed by atoms with Gasteiger partial charge in [0.1, 0.15) is 5.84 Å². The van der Waals surface area contributed by atoms with Crippen molar-refractivity contribution in [2.24, 2.45) is 21.8 Å². The lowest BCUT2D eigenvalue weighted by atomic mass is 9.74. The first-order chi connectivity index (χ1) is 23.6. The predicted molar refractivity (Wildman–Crippen MR) is 183 cm³/mol. The number of guanidine groups is 1. The molecule has 1 amide bonds. The van der Waals surface area contributed by atoms with Crippen molar-refractivity contribution in [2.75, 3.05) is 31.5 Å². The van der Waals surface area contributed by atoms with Crippen LogP contribution >= 0.6 is 0 Å². The number of carbonyl (C=O) groups is 4. The number of Topliss-reactive ketones (excluding diaryl/α,β-unsaturated/α-hetero) is 2. The van der Waals surface area contributed by atoms with Crippen LogP contribution in [-0.4, -0.2) is 96.2 Å². The number of anilines is 1. The molecule has 49 heavy (non-hydrogen) atoms. The lowest BCUT2D eigenvalue weighted by Gasteiger charge is -2.49. The number of hydrogen-bond donors (Lipinski definition) is 3. The van der Waals surface area contributed by atoms with Gasteiger partial charge in [0, 0.05) is 62.6 Å². The lowest BCUT2D eigenvalue weighted by molar-refractivity contribution is -0.145. The Hall–Kier alpha value is -4.43. The molecule has 2 aromatic rings. The van der Waals surface area contributed by atoms with Crippen molar-refractivity contribution in [3.63, 3.8) is 0 Å². The average Bonchev–Trinajstić information content (AvgIpc) is 3.82. The van der Waals surface area contributed by atoms with Crippen LogP contribution in [0.5, 0.6) is 0 Å². The van der Waals surface area contributed by atoms with E-state index in [2.05, 4.69) is 25.5 Å². The van der Waals surface area contributed by atoms with Crippen LogP contribution in [0.2, 0.25) is 0 Å². The number of benzene rings is 2. The number of sulfonamides is 1. The van der Waals surface area contributed by atoms with E-state index in [0.717, 1.165) is 31.8 Å². The standard InChI is InChI=1S/C35H42N6O7S/c42-29(24-6-4-7-26(20-24)39-35-37-18-19-40(35)31-10-5-17-36-31)15-16-32(44)38-22-25(34(45)46)21-30(43)33-23-11-13-27(14-12-23)41(33)49(47,48)28-8-2-1-3-9-28/h1-4,6-9,20,23,25,27,33H,5,10-19,21-22H2,(H,37,39)(H,38,44)(H,45,46)/t23?,25-,27?,33?/m0/s1. The maximum absolute atomic E-state index is 13.7. The number of ketones is 2. The number of carboxylic acids is 1.